The number of nitrogens with zero attached hydrogens (tertiary/aromatic N) is 1. The number of hydrogen-bond donors (Lipinski definition) is 1. The SMILES string of the molecule is COCCN(C(=O)C(C)CCCC(C)N)C(C)C1CC1. The van der Waals surface area contributed by atoms with E-state index in [4.69, 9.17) is 10.5 Å². The van der Waals surface area contributed by atoms with Crippen molar-refractivity contribution in [3.8, 4) is 0 Å². The van der Waals surface area contributed by atoms with E-state index < -0.39 is 0 Å². The van der Waals surface area contributed by atoms with Gasteiger partial charge in [0.2, 0.25) is 5.91 Å². The van der Waals surface area contributed by atoms with Gasteiger partial charge in [-0.3, -0.25) is 4.79 Å². The first-order chi connectivity index (χ1) is 9.47. The molecule has 4 heteroatoms. The van der Waals surface area contributed by atoms with Crippen LogP contribution in [0.25, 0.3) is 0 Å². The molecule has 1 aliphatic carbocycles. The quantitative estimate of drug-likeness (QED) is 0.670. The van der Waals surface area contributed by atoms with Crippen LogP contribution in [0.5, 0.6) is 0 Å². The highest BCUT2D eigenvalue weighted by Gasteiger charge is 2.35. The van der Waals surface area contributed by atoms with Crippen LogP contribution in [-0.2, 0) is 9.53 Å². The van der Waals surface area contributed by atoms with Crippen LogP contribution in [0.15, 0.2) is 0 Å². The molecule has 0 spiro atoms. The average molecular weight is 284 g/mol. The molecule has 0 aromatic rings. The predicted octanol–water partition coefficient (Wildman–Crippen LogP) is 2.41. The van der Waals surface area contributed by atoms with Gasteiger partial charge < -0.3 is 15.4 Å². The molecule has 1 saturated carbocycles. The molecule has 0 heterocycles. The Morgan fingerprint density at radius 1 is 1.30 bits per heavy atom. The summed E-state index contributed by atoms with van der Waals surface area (Å²) in [5.74, 6) is 1.07. The van der Waals surface area contributed by atoms with Gasteiger partial charge in [0, 0.05) is 31.7 Å². The Hall–Kier alpha value is -0.610. The zero-order chi connectivity index (χ0) is 15.1. The number of ether oxygens (including phenoxy) is 1. The van der Waals surface area contributed by atoms with Crippen molar-refractivity contribution in [2.45, 2.75) is 65.0 Å². The molecular formula is C16H32N2O2. The molecule has 0 aliphatic heterocycles. The van der Waals surface area contributed by atoms with Gasteiger partial charge in [0.25, 0.3) is 0 Å². The molecule has 118 valence electrons. The van der Waals surface area contributed by atoms with Crippen LogP contribution in [0.2, 0.25) is 0 Å². The largest absolute Gasteiger partial charge is 0.383 e. The molecule has 20 heavy (non-hydrogen) atoms. The fourth-order valence-corrected chi connectivity index (χ4v) is 2.69. The lowest BCUT2D eigenvalue weighted by Crippen LogP contribution is -2.44. The fourth-order valence-electron chi connectivity index (χ4n) is 2.69. The maximum absolute atomic E-state index is 12.6. The van der Waals surface area contributed by atoms with Gasteiger partial charge in [-0.15, -0.1) is 0 Å². The first-order valence-electron chi connectivity index (χ1n) is 8.02. The van der Waals surface area contributed by atoms with Gasteiger partial charge in [-0.2, -0.15) is 0 Å². The Morgan fingerprint density at radius 3 is 2.45 bits per heavy atom. The van der Waals surface area contributed by atoms with Crippen molar-refractivity contribution in [1.29, 1.82) is 0 Å². The first-order valence-corrected chi connectivity index (χ1v) is 8.02. The molecule has 0 radical (unpaired) electrons. The molecule has 0 aromatic carbocycles. The Morgan fingerprint density at radius 2 is 1.95 bits per heavy atom. The van der Waals surface area contributed by atoms with Gasteiger partial charge in [-0.1, -0.05) is 13.3 Å². The molecule has 1 fully saturated rings. The van der Waals surface area contributed by atoms with Crippen LogP contribution >= 0.6 is 0 Å². The number of rotatable bonds is 10. The highest BCUT2D eigenvalue weighted by atomic mass is 16.5. The van der Waals surface area contributed by atoms with E-state index in [2.05, 4.69) is 6.92 Å². The normalized spacial score (nSPS) is 19.4. The molecule has 2 N–H and O–H groups in total. The predicted molar refractivity (Wildman–Crippen MR) is 82.4 cm³/mol. The minimum absolute atomic E-state index is 0.0896. The van der Waals surface area contributed by atoms with Crippen LogP contribution < -0.4 is 5.73 Å². The average Bonchev–Trinajstić information content (AvgIpc) is 3.22. The number of carbonyl (C=O) groups excluding carboxylic acids is 1. The van der Waals surface area contributed by atoms with Crippen LogP contribution in [0.1, 0.15) is 52.9 Å². The lowest BCUT2D eigenvalue weighted by atomic mass is 9.99. The Labute approximate surface area is 124 Å². The van der Waals surface area contributed by atoms with E-state index in [0.29, 0.717) is 25.1 Å². The Balaban J connectivity index is 2.47. The maximum Gasteiger partial charge on any atom is 0.225 e. The van der Waals surface area contributed by atoms with Crippen molar-refractivity contribution in [1.82, 2.24) is 4.90 Å². The standard InChI is InChI=1S/C16H32N2O2/c1-12(6-5-7-13(2)17)16(19)18(10-11-20-4)14(3)15-8-9-15/h12-15H,5-11,17H2,1-4H3. The Kier molecular flexibility index (Phi) is 7.52. The van der Waals surface area contributed by atoms with Crippen molar-refractivity contribution in [2.24, 2.45) is 17.6 Å². The van der Waals surface area contributed by atoms with Crippen molar-refractivity contribution >= 4 is 5.91 Å². The number of methoxy groups -OCH3 is 1. The van der Waals surface area contributed by atoms with Crippen molar-refractivity contribution in [2.75, 3.05) is 20.3 Å². The van der Waals surface area contributed by atoms with Crippen LogP contribution in [-0.4, -0.2) is 43.2 Å². The summed E-state index contributed by atoms with van der Waals surface area (Å²) in [5, 5.41) is 0. The van der Waals surface area contributed by atoms with Crippen LogP contribution in [0.4, 0.5) is 0 Å². The van der Waals surface area contributed by atoms with Gasteiger partial charge in [0.05, 0.1) is 6.61 Å². The molecule has 4 nitrogen and oxygen atoms in total. The van der Waals surface area contributed by atoms with Crippen LogP contribution in [0.3, 0.4) is 0 Å². The summed E-state index contributed by atoms with van der Waals surface area (Å²) in [6, 6.07) is 0.584. The van der Waals surface area contributed by atoms with Crippen molar-refractivity contribution in [3.05, 3.63) is 0 Å². The third-order valence-corrected chi connectivity index (χ3v) is 4.33. The number of amides is 1. The number of hydrogen-bond acceptors (Lipinski definition) is 3. The van der Waals surface area contributed by atoms with Gasteiger partial charge in [-0.25, -0.2) is 0 Å². The van der Waals surface area contributed by atoms with E-state index in [1.165, 1.54) is 12.8 Å². The summed E-state index contributed by atoms with van der Waals surface area (Å²) in [5.41, 5.74) is 5.76. The summed E-state index contributed by atoms with van der Waals surface area (Å²) in [6.07, 6.45) is 5.48. The van der Waals surface area contributed by atoms with E-state index in [-0.39, 0.29) is 17.9 Å². The third kappa shape index (κ3) is 5.80. The fraction of sp³-hybridized carbons (Fsp3) is 0.938. The molecular weight excluding hydrogens is 252 g/mol. The minimum Gasteiger partial charge on any atom is -0.383 e. The summed E-state index contributed by atoms with van der Waals surface area (Å²) in [7, 11) is 1.69. The topological polar surface area (TPSA) is 55.6 Å². The van der Waals surface area contributed by atoms with E-state index in [1.807, 2.05) is 18.7 Å². The summed E-state index contributed by atoms with van der Waals surface area (Å²) < 4.78 is 5.15. The second kappa shape index (κ2) is 8.63. The van der Waals surface area contributed by atoms with Gasteiger partial charge in [-0.05, 0) is 45.4 Å². The van der Waals surface area contributed by atoms with E-state index in [1.54, 1.807) is 7.11 Å². The zero-order valence-electron chi connectivity index (χ0n) is 13.6. The van der Waals surface area contributed by atoms with E-state index in [0.717, 1.165) is 19.3 Å². The lowest BCUT2D eigenvalue weighted by Gasteiger charge is -2.31. The monoisotopic (exact) mass is 284 g/mol. The van der Waals surface area contributed by atoms with E-state index in [9.17, 15) is 4.79 Å². The van der Waals surface area contributed by atoms with Crippen molar-refractivity contribution in [3.63, 3.8) is 0 Å². The lowest BCUT2D eigenvalue weighted by molar-refractivity contribution is -0.138. The molecule has 1 amide bonds. The summed E-state index contributed by atoms with van der Waals surface area (Å²) in [6.45, 7) is 7.58. The van der Waals surface area contributed by atoms with Crippen LogP contribution in [0, 0.1) is 11.8 Å². The molecule has 3 unspecified atom stereocenters. The zero-order valence-corrected chi connectivity index (χ0v) is 13.6. The highest BCUT2D eigenvalue weighted by molar-refractivity contribution is 5.78. The molecule has 0 saturated heterocycles. The van der Waals surface area contributed by atoms with E-state index >= 15 is 0 Å². The second-order valence-electron chi connectivity index (χ2n) is 6.41. The highest BCUT2D eigenvalue weighted by Crippen LogP contribution is 2.35. The Bertz CT molecular complexity index is 290. The first kappa shape index (κ1) is 17.4. The maximum atomic E-state index is 12.6. The third-order valence-electron chi connectivity index (χ3n) is 4.33. The smallest absolute Gasteiger partial charge is 0.225 e. The summed E-state index contributed by atoms with van der Waals surface area (Å²) in [4.78, 5) is 14.7. The summed E-state index contributed by atoms with van der Waals surface area (Å²) >= 11 is 0. The molecule has 0 aromatic heterocycles. The molecule has 1 rings (SSSR count). The van der Waals surface area contributed by atoms with Gasteiger partial charge >= 0.3 is 0 Å². The molecule has 3 atom stereocenters. The molecule has 0 bridgehead atoms. The van der Waals surface area contributed by atoms with Crippen molar-refractivity contribution < 1.29 is 9.53 Å². The molecule has 1 aliphatic rings. The minimum atomic E-state index is 0.0896. The van der Waals surface area contributed by atoms with Gasteiger partial charge in [0.1, 0.15) is 0 Å². The number of carbonyl (C=O) groups is 1. The van der Waals surface area contributed by atoms with Gasteiger partial charge in [0.15, 0.2) is 0 Å². The second-order valence-corrected chi connectivity index (χ2v) is 6.41. The number of nitrogens with two attached hydrogens (primary N) is 1.